The number of anilines is 1. The lowest BCUT2D eigenvalue weighted by Gasteiger charge is -2.11. The predicted octanol–water partition coefficient (Wildman–Crippen LogP) is 2.92. The Labute approximate surface area is 136 Å². The predicted molar refractivity (Wildman–Crippen MR) is 93.4 cm³/mol. The first-order valence-electron chi connectivity index (χ1n) is 7.44. The summed E-state index contributed by atoms with van der Waals surface area (Å²) in [5, 5.41) is 3.98. The van der Waals surface area contributed by atoms with E-state index in [9.17, 15) is 4.79 Å². The van der Waals surface area contributed by atoms with Crippen LogP contribution in [0.3, 0.4) is 0 Å². The zero-order chi connectivity index (χ0) is 16.7. The first-order valence-corrected chi connectivity index (χ1v) is 7.44. The van der Waals surface area contributed by atoms with Crippen molar-refractivity contribution in [3.63, 3.8) is 0 Å². The Balaban J connectivity index is 1.92. The Morgan fingerprint density at radius 3 is 2.35 bits per heavy atom. The van der Waals surface area contributed by atoms with Crippen LogP contribution in [0.4, 0.5) is 5.69 Å². The van der Waals surface area contributed by atoms with Gasteiger partial charge < -0.3 is 9.64 Å². The Kier molecular flexibility index (Phi) is 5.74. The van der Waals surface area contributed by atoms with Crippen molar-refractivity contribution in [3.8, 4) is 5.75 Å². The summed E-state index contributed by atoms with van der Waals surface area (Å²) >= 11 is 0. The van der Waals surface area contributed by atoms with Gasteiger partial charge in [0.05, 0.1) is 12.8 Å². The monoisotopic (exact) mass is 311 g/mol. The van der Waals surface area contributed by atoms with Crippen LogP contribution < -0.4 is 15.1 Å². The van der Waals surface area contributed by atoms with E-state index in [2.05, 4.69) is 10.5 Å². The lowest BCUT2D eigenvalue weighted by atomic mass is 10.2. The molecule has 0 heterocycles. The zero-order valence-corrected chi connectivity index (χ0v) is 13.6. The quantitative estimate of drug-likeness (QED) is 0.659. The Morgan fingerprint density at radius 2 is 1.78 bits per heavy atom. The van der Waals surface area contributed by atoms with Crippen LogP contribution in [0, 0.1) is 0 Å². The number of nitrogens with zero attached hydrogens (tertiary/aromatic N) is 2. The third kappa shape index (κ3) is 4.85. The van der Waals surface area contributed by atoms with Gasteiger partial charge in [0.15, 0.2) is 0 Å². The van der Waals surface area contributed by atoms with Crippen molar-refractivity contribution in [2.75, 3.05) is 25.6 Å². The van der Waals surface area contributed by atoms with Crippen LogP contribution in [0.2, 0.25) is 0 Å². The molecule has 5 nitrogen and oxygen atoms in total. The van der Waals surface area contributed by atoms with E-state index < -0.39 is 0 Å². The summed E-state index contributed by atoms with van der Waals surface area (Å²) in [6, 6.07) is 14.8. The molecule has 2 aromatic rings. The number of carbonyl (C=O) groups excluding carboxylic acids is 1. The fraction of sp³-hybridized carbons (Fsp3) is 0.222. The molecule has 2 rings (SSSR count). The molecule has 0 aromatic heterocycles. The minimum Gasteiger partial charge on any atom is -0.494 e. The van der Waals surface area contributed by atoms with Crippen molar-refractivity contribution in [2.45, 2.75) is 6.92 Å². The van der Waals surface area contributed by atoms with Gasteiger partial charge in [0.2, 0.25) is 0 Å². The molecule has 0 fully saturated rings. The lowest BCUT2D eigenvalue weighted by Crippen LogP contribution is -2.17. The molecular formula is C18H21N3O2. The highest BCUT2D eigenvalue weighted by atomic mass is 16.5. The van der Waals surface area contributed by atoms with Crippen LogP contribution in [0.15, 0.2) is 53.6 Å². The number of amides is 1. The SMILES string of the molecule is CCOc1ccc(C(=O)N/N=C\c2ccc(N(C)C)cc2)cc1. The van der Waals surface area contributed by atoms with E-state index in [1.807, 2.05) is 50.2 Å². The van der Waals surface area contributed by atoms with Gasteiger partial charge in [-0.1, -0.05) is 12.1 Å². The van der Waals surface area contributed by atoms with Gasteiger partial charge in [0.1, 0.15) is 5.75 Å². The van der Waals surface area contributed by atoms with Crippen LogP contribution in [-0.4, -0.2) is 32.8 Å². The topological polar surface area (TPSA) is 53.9 Å². The summed E-state index contributed by atoms with van der Waals surface area (Å²) in [7, 11) is 3.97. The minimum atomic E-state index is -0.255. The molecule has 5 heteroatoms. The number of hydrogen-bond acceptors (Lipinski definition) is 4. The van der Waals surface area contributed by atoms with Gasteiger partial charge in [-0.2, -0.15) is 5.10 Å². The van der Waals surface area contributed by atoms with Crippen molar-refractivity contribution < 1.29 is 9.53 Å². The van der Waals surface area contributed by atoms with E-state index in [0.29, 0.717) is 12.2 Å². The van der Waals surface area contributed by atoms with Crippen LogP contribution in [-0.2, 0) is 0 Å². The average Bonchev–Trinajstić information content (AvgIpc) is 2.56. The van der Waals surface area contributed by atoms with Crippen molar-refractivity contribution in [2.24, 2.45) is 5.10 Å². The number of carbonyl (C=O) groups is 1. The van der Waals surface area contributed by atoms with Gasteiger partial charge in [0.25, 0.3) is 5.91 Å². The van der Waals surface area contributed by atoms with Crippen LogP contribution in [0.1, 0.15) is 22.8 Å². The van der Waals surface area contributed by atoms with Gasteiger partial charge in [-0.3, -0.25) is 4.79 Å². The summed E-state index contributed by atoms with van der Waals surface area (Å²) in [4.78, 5) is 14.0. The van der Waals surface area contributed by atoms with Gasteiger partial charge in [0, 0.05) is 25.3 Å². The second-order valence-electron chi connectivity index (χ2n) is 5.14. The fourth-order valence-electron chi connectivity index (χ4n) is 1.96. The standard InChI is InChI=1S/C18H21N3O2/c1-4-23-17-11-7-15(8-12-17)18(22)20-19-13-14-5-9-16(10-6-14)21(2)3/h5-13H,4H2,1-3H3,(H,20,22)/b19-13-. The maximum absolute atomic E-state index is 12.0. The molecule has 0 aliphatic carbocycles. The van der Waals surface area contributed by atoms with E-state index in [-0.39, 0.29) is 5.91 Å². The molecule has 2 aromatic carbocycles. The molecule has 120 valence electrons. The smallest absolute Gasteiger partial charge is 0.271 e. The van der Waals surface area contributed by atoms with Gasteiger partial charge in [-0.05, 0) is 48.9 Å². The maximum atomic E-state index is 12.0. The molecule has 0 atom stereocenters. The number of ether oxygens (including phenoxy) is 1. The second kappa shape index (κ2) is 7.98. The number of nitrogens with one attached hydrogen (secondary N) is 1. The molecule has 0 bridgehead atoms. The third-order valence-corrected chi connectivity index (χ3v) is 3.22. The highest BCUT2D eigenvalue weighted by molar-refractivity contribution is 5.95. The molecule has 0 saturated carbocycles. The summed E-state index contributed by atoms with van der Waals surface area (Å²) in [5.74, 6) is 0.489. The van der Waals surface area contributed by atoms with Crippen molar-refractivity contribution in [1.29, 1.82) is 0 Å². The molecule has 0 unspecified atom stereocenters. The minimum absolute atomic E-state index is 0.255. The summed E-state index contributed by atoms with van der Waals surface area (Å²) < 4.78 is 5.34. The van der Waals surface area contributed by atoms with E-state index in [1.54, 1.807) is 30.5 Å². The first-order chi connectivity index (χ1) is 11.1. The molecule has 0 spiro atoms. The Bertz CT molecular complexity index is 662. The molecule has 0 radical (unpaired) electrons. The maximum Gasteiger partial charge on any atom is 0.271 e. The molecule has 1 N–H and O–H groups in total. The second-order valence-corrected chi connectivity index (χ2v) is 5.14. The average molecular weight is 311 g/mol. The van der Waals surface area contributed by atoms with Gasteiger partial charge in [-0.15, -0.1) is 0 Å². The van der Waals surface area contributed by atoms with E-state index in [4.69, 9.17) is 4.74 Å². The van der Waals surface area contributed by atoms with Crippen LogP contribution >= 0.6 is 0 Å². The molecule has 1 amide bonds. The van der Waals surface area contributed by atoms with Crippen LogP contribution in [0.25, 0.3) is 0 Å². The third-order valence-electron chi connectivity index (χ3n) is 3.22. The van der Waals surface area contributed by atoms with Crippen LogP contribution in [0.5, 0.6) is 5.75 Å². The van der Waals surface area contributed by atoms with Crippen molar-refractivity contribution in [1.82, 2.24) is 5.43 Å². The molecular weight excluding hydrogens is 290 g/mol. The molecule has 23 heavy (non-hydrogen) atoms. The van der Waals surface area contributed by atoms with Gasteiger partial charge >= 0.3 is 0 Å². The zero-order valence-electron chi connectivity index (χ0n) is 13.6. The number of hydrazone groups is 1. The summed E-state index contributed by atoms with van der Waals surface area (Å²) in [6.07, 6.45) is 1.62. The first kappa shape index (κ1) is 16.5. The van der Waals surface area contributed by atoms with Crippen molar-refractivity contribution >= 4 is 17.8 Å². The lowest BCUT2D eigenvalue weighted by molar-refractivity contribution is 0.0955. The summed E-state index contributed by atoms with van der Waals surface area (Å²) in [5.41, 5.74) is 5.08. The largest absolute Gasteiger partial charge is 0.494 e. The highest BCUT2D eigenvalue weighted by Crippen LogP contribution is 2.12. The normalized spacial score (nSPS) is 10.6. The number of benzene rings is 2. The summed E-state index contributed by atoms with van der Waals surface area (Å²) in [6.45, 7) is 2.52. The van der Waals surface area contributed by atoms with Crippen molar-refractivity contribution in [3.05, 3.63) is 59.7 Å². The number of hydrogen-bond donors (Lipinski definition) is 1. The molecule has 0 aliphatic rings. The fourth-order valence-corrected chi connectivity index (χ4v) is 1.96. The van der Waals surface area contributed by atoms with E-state index >= 15 is 0 Å². The molecule has 0 saturated heterocycles. The van der Waals surface area contributed by atoms with E-state index in [1.165, 1.54) is 0 Å². The Hall–Kier alpha value is -2.82. The van der Waals surface area contributed by atoms with Gasteiger partial charge in [-0.25, -0.2) is 5.43 Å². The highest BCUT2D eigenvalue weighted by Gasteiger charge is 2.04. The number of rotatable bonds is 6. The molecule has 0 aliphatic heterocycles. The van der Waals surface area contributed by atoms with E-state index in [0.717, 1.165) is 17.0 Å². The Morgan fingerprint density at radius 1 is 1.13 bits per heavy atom.